The number of hydrogen-bond donors (Lipinski definition) is 1. The molecule has 0 aliphatic rings. The Labute approximate surface area is 107 Å². The second kappa shape index (κ2) is 5.96. The summed E-state index contributed by atoms with van der Waals surface area (Å²) >= 11 is 0. The highest BCUT2D eigenvalue weighted by Crippen LogP contribution is 2.22. The van der Waals surface area contributed by atoms with Gasteiger partial charge in [0, 0.05) is 13.1 Å². The molecular formula is C14H20FNO2. The molecule has 1 N–H and O–H groups in total. The molecule has 4 heteroatoms. The van der Waals surface area contributed by atoms with Gasteiger partial charge in [0.05, 0.1) is 6.42 Å². The Bertz CT molecular complexity index is 418. The van der Waals surface area contributed by atoms with E-state index in [4.69, 9.17) is 5.11 Å². The summed E-state index contributed by atoms with van der Waals surface area (Å²) in [5.74, 6) is -1.04. The fraction of sp³-hybridized carbons (Fsp3) is 0.500. The molecule has 0 saturated carbocycles. The third-order valence-corrected chi connectivity index (χ3v) is 2.67. The van der Waals surface area contributed by atoms with Gasteiger partial charge >= 0.3 is 5.97 Å². The van der Waals surface area contributed by atoms with Gasteiger partial charge in [-0.1, -0.05) is 26.0 Å². The molecule has 0 aliphatic heterocycles. The zero-order valence-electron chi connectivity index (χ0n) is 11.1. The number of carbonyl (C=O) groups is 1. The minimum atomic E-state index is -0.792. The molecule has 0 aromatic heterocycles. The monoisotopic (exact) mass is 253 g/mol. The first-order valence-corrected chi connectivity index (χ1v) is 5.93. The lowest BCUT2D eigenvalue weighted by Crippen LogP contribution is -2.32. The standard InChI is InChI=1S/C14H20FNO2/c1-14(2,8-13(17)18)10-16(3)9-11-5-4-6-12(15)7-11/h4-7H,8-10H2,1-3H3,(H,17,18). The first kappa shape index (κ1) is 14.6. The van der Waals surface area contributed by atoms with Gasteiger partial charge in [-0.25, -0.2) is 4.39 Å². The van der Waals surface area contributed by atoms with Crippen molar-refractivity contribution >= 4 is 5.97 Å². The number of hydrogen-bond acceptors (Lipinski definition) is 2. The number of carboxylic acid groups (broad SMARTS) is 1. The largest absolute Gasteiger partial charge is 0.481 e. The van der Waals surface area contributed by atoms with Crippen molar-refractivity contribution in [3.8, 4) is 0 Å². The number of nitrogens with zero attached hydrogens (tertiary/aromatic N) is 1. The van der Waals surface area contributed by atoms with Crippen LogP contribution < -0.4 is 0 Å². The molecule has 18 heavy (non-hydrogen) atoms. The van der Waals surface area contributed by atoms with Gasteiger partial charge in [0.1, 0.15) is 5.82 Å². The molecule has 0 bridgehead atoms. The van der Waals surface area contributed by atoms with Gasteiger partial charge < -0.3 is 10.0 Å². The van der Waals surface area contributed by atoms with E-state index in [0.29, 0.717) is 13.1 Å². The van der Waals surface area contributed by atoms with Crippen LogP contribution in [0.1, 0.15) is 25.8 Å². The zero-order valence-corrected chi connectivity index (χ0v) is 11.1. The Kier molecular flexibility index (Phi) is 4.84. The van der Waals surface area contributed by atoms with Crippen molar-refractivity contribution in [2.24, 2.45) is 5.41 Å². The van der Waals surface area contributed by atoms with Crippen LogP contribution in [0, 0.1) is 11.2 Å². The van der Waals surface area contributed by atoms with Crippen LogP contribution in [0.2, 0.25) is 0 Å². The van der Waals surface area contributed by atoms with E-state index >= 15 is 0 Å². The number of halogens is 1. The predicted molar refractivity (Wildman–Crippen MR) is 68.8 cm³/mol. The third kappa shape index (κ3) is 5.27. The van der Waals surface area contributed by atoms with Crippen molar-refractivity contribution in [3.05, 3.63) is 35.6 Å². The van der Waals surface area contributed by atoms with Gasteiger partial charge in [0.25, 0.3) is 0 Å². The highest BCUT2D eigenvalue weighted by Gasteiger charge is 2.23. The lowest BCUT2D eigenvalue weighted by atomic mass is 9.89. The summed E-state index contributed by atoms with van der Waals surface area (Å²) in [6, 6.07) is 6.46. The molecule has 1 aromatic rings. The van der Waals surface area contributed by atoms with E-state index in [1.54, 1.807) is 6.07 Å². The molecule has 3 nitrogen and oxygen atoms in total. The second-order valence-corrected chi connectivity index (χ2v) is 5.54. The molecule has 0 spiro atoms. The summed E-state index contributed by atoms with van der Waals surface area (Å²) in [6.45, 7) is 5.10. The van der Waals surface area contributed by atoms with Gasteiger partial charge in [-0.05, 0) is 30.2 Å². The maximum atomic E-state index is 13.0. The Balaban J connectivity index is 2.56. The van der Waals surface area contributed by atoms with Crippen LogP contribution in [0.5, 0.6) is 0 Å². The summed E-state index contributed by atoms with van der Waals surface area (Å²) < 4.78 is 13.0. The van der Waals surface area contributed by atoms with Gasteiger partial charge in [-0.3, -0.25) is 4.79 Å². The normalized spacial score (nSPS) is 11.8. The summed E-state index contributed by atoms with van der Waals surface area (Å²) in [4.78, 5) is 12.7. The molecule has 1 aromatic carbocycles. The average Bonchev–Trinajstić information content (AvgIpc) is 2.13. The molecule has 0 radical (unpaired) electrons. The molecule has 100 valence electrons. The van der Waals surface area contributed by atoms with Gasteiger partial charge in [-0.2, -0.15) is 0 Å². The van der Waals surface area contributed by atoms with E-state index in [1.807, 2.05) is 31.9 Å². The van der Waals surface area contributed by atoms with E-state index in [1.165, 1.54) is 12.1 Å². The Morgan fingerprint density at radius 1 is 1.44 bits per heavy atom. The fourth-order valence-corrected chi connectivity index (χ4v) is 2.20. The van der Waals surface area contributed by atoms with Gasteiger partial charge in [0.15, 0.2) is 0 Å². The molecule has 0 unspecified atom stereocenters. The molecule has 0 amide bonds. The molecular weight excluding hydrogens is 233 g/mol. The quantitative estimate of drug-likeness (QED) is 0.847. The molecule has 0 saturated heterocycles. The second-order valence-electron chi connectivity index (χ2n) is 5.54. The third-order valence-electron chi connectivity index (χ3n) is 2.67. The van der Waals surface area contributed by atoms with Crippen LogP contribution in [0.4, 0.5) is 4.39 Å². The van der Waals surface area contributed by atoms with Crippen LogP contribution in [0.25, 0.3) is 0 Å². The van der Waals surface area contributed by atoms with Crippen LogP contribution in [0.15, 0.2) is 24.3 Å². The van der Waals surface area contributed by atoms with Crippen molar-refractivity contribution in [2.75, 3.05) is 13.6 Å². The van der Waals surface area contributed by atoms with Crippen molar-refractivity contribution < 1.29 is 14.3 Å². The lowest BCUT2D eigenvalue weighted by molar-refractivity contribution is -0.139. The molecule has 1 rings (SSSR count). The minimum Gasteiger partial charge on any atom is -0.481 e. The van der Waals surface area contributed by atoms with Crippen molar-refractivity contribution in [1.29, 1.82) is 0 Å². The van der Waals surface area contributed by atoms with Crippen LogP contribution >= 0.6 is 0 Å². The molecule has 0 atom stereocenters. The number of benzene rings is 1. The Hall–Kier alpha value is -1.42. The molecule has 0 fully saturated rings. The van der Waals surface area contributed by atoms with Crippen molar-refractivity contribution in [3.63, 3.8) is 0 Å². The molecule has 0 aliphatic carbocycles. The maximum absolute atomic E-state index is 13.0. The zero-order chi connectivity index (χ0) is 13.8. The van der Waals surface area contributed by atoms with Gasteiger partial charge in [0.2, 0.25) is 0 Å². The Morgan fingerprint density at radius 3 is 2.67 bits per heavy atom. The van der Waals surface area contributed by atoms with Crippen molar-refractivity contribution in [2.45, 2.75) is 26.8 Å². The summed E-state index contributed by atoms with van der Waals surface area (Å²) in [7, 11) is 1.91. The smallest absolute Gasteiger partial charge is 0.303 e. The molecule has 0 heterocycles. The topological polar surface area (TPSA) is 40.5 Å². The van der Waals surface area contributed by atoms with E-state index in [2.05, 4.69) is 0 Å². The minimum absolute atomic E-state index is 0.125. The van der Waals surface area contributed by atoms with Crippen LogP contribution in [-0.4, -0.2) is 29.6 Å². The SMILES string of the molecule is CN(Cc1cccc(F)c1)CC(C)(C)CC(=O)O. The highest BCUT2D eigenvalue weighted by molar-refractivity contribution is 5.67. The van der Waals surface area contributed by atoms with E-state index in [-0.39, 0.29) is 17.7 Å². The lowest BCUT2D eigenvalue weighted by Gasteiger charge is -2.29. The van der Waals surface area contributed by atoms with Crippen LogP contribution in [-0.2, 0) is 11.3 Å². The van der Waals surface area contributed by atoms with E-state index < -0.39 is 5.97 Å². The number of carboxylic acids is 1. The maximum Gasteiger partial charge on any atom is 0.303 e. The number of aliphatic carboxylic acids is 1. The fourth-order valence-electron chi connectivity index (χ4n) is 2.20. The van der Waals surface area contributed by atoms with Crippen LogP contribution in [0.3, 0.4) is 0 Å². The van der Waals surface area contributed by atoms with E-state index in [9.17, 15) is 9.18 Å². The van der Waals surface area contributed by atoms with E-state index in [0.717, 1.165) is 5.56 Å². The van der Waals surface area contributed by atoms with Gasteiger partial charge in [-0.15, -0.1) is 0 Å². The summed E-state index contributed by atoms with van der Waals surface area (Å²) in [6.07, 6.45) is 0.125. The van der Waals surface area contributed by atoms with Crippen molar-refractivity contribution in [1.82, 2.24) is 4.90 Å². The predicted octanol–water partition coefficient (Wildman–Crippen LogP) is 2.76. The summed E-state index contributed by atoms with van der Waals surface area (Å²) in [5, 5.41) is 8.82. The number of rotatable bonds is 6. The summed E-state index contributed by atoms with van der Waals surface area (Å²) in [5.41, 5.74) is 0.595. The average molecular weight is 253 g/mol. The highest BCUT2D eigenvalue weighted by atomic mass is 19.1. The first-order valence-electron chi connectivity index (χ1n) is 5.93. The first-order chi connectivity index (χ1) is 8.28. The Morgan fingerprint density at radius 2 is 2.11 bits per heavy atom.